The molecule has 0 spiro atoms. The molecule has 5 heteroatoms. The summed E-state index contributed by atoms with van der Waals surface area (Å²) in [5, 5.41) is 0. The maximum Gasteiger partial charge on any atom is 0.309 e. The predicted octanol–water partition coefficient (Wildman–Crippen LogP) is 12.4. The van der Waals surface area contributed by atoms with E-state index in [0.717, 1.165) is 70.6 Å². The van der Waals surface area contributed by atoms with Crippen LogP contribution in [-0.4, -0.2) is 37.9 Å². The topological polar surface area (TPSA) is 61.8 Å². The predicted molar refractivity (Wildman–Crippen MR) is 205 cm³/mol. The van der Waals surface area contributed by atoms with Crippen molar-refractivity contribution in [1.29, 1.82) is 0 Å². The quantitative estimate of drug-likeness (QED) is 0.0388. The van der Waals surface area contributed by atoms with Crippen molar-refractivity contribution in [3.05, 3.63) is 72.9 Å². The van der Waals surface area contributed by atoms with Gasteiger partial charge in [0.2, 0.25) is 0 Å². The second-order valence-corrected chi connectivity index (χ2v) is 12.5. The SMILES string of the molecule is CC/C=C\C/C=C\C/C=C\C/C=C\C/C=C\CC(=O)OCC(COCCCCCCCC)OC(=O)CCCCCCC/C=C\CCCC. The van der Waals surface area contributed by atoms with E-state index in [4.69, 9.17) is 14.2 Å². The van der Waals surface area contributed by atoms with Gasteiger partial charge in [-0.1, -0.05) is 158 Å². The number of carbonyl (C=O) groups excluding carboxylic acids is 2. The maximum absolute atomic E-state index is 12.6. The van der Waals surface area contributed by atoms with Crippen LogP contribution in [0.3, 0.4) is 0 Å². The van der Waals surface area contributed by atoms with Crippen molar-refractivity contribution in [2.75, 3.05) is 19.8 Å². The molecule has 0 aliphatic rings. The van der Waals surface area contributed by atoms with Gasteiger partial charge in [0.05, 0.1) is 13.0 Å². The van der Waals surface area contributed by atoms with E-state index in [1.54, 1.807) is 0 Å². The molecule has 48 heavy (non-hydrogen) atoms. The van der Waals surface area contributed by atoms with Gasteiger partial charge in [-0.15, -0.1) is 0 Å². The smallest absolute Gasteiger partial charge is 0.309 e. The molecular weight excluding hydrogens is 596 g/mol. The van der Waals surface area contributed by atoms with Gasteiger partial charge in [-0.25, -0.2) is 0 Å². The third-order valence-electron chi connectivity index (χ3n) is 7.76. The Kier molecular flexibility index (Phi) is 36.6. The number of unbranched alkanes of at least 4 members (excludes halogenated alkanes) is 12. The van der Waals surface area contributed by atoms with Gasteiger partial charge in [-0.05, 0) is 64.2 Å². The minimum Gasteiger partial charge on any atom is -0.461 e. The lowest BCUT2D eigenvalue weighted by atomic mass is 10.1. The summed E-state index contributed by atoms with van der Waals surface area (Å²) >= 11 is 0. The number of allylic oxidation sites excluding steroid dienone is 11. The highest BCUT2D eigenvalue weighted by molar-refractivity contribution is 5.71. The Hall–Kier alpha value is -2.66. The van der Waals surface area contributed by atoms with Gasteiger partial charge in [-0.3, -0.25) is 9.59 Å². The van der Waals surface area contributed by atoms with Crippen LogP contribution in [-0.2, 0) is 23.8 Å². The lowest BCUT2D eigenvalue weighted by molar-refractivity contribution is -0.162. The fraction of sp³-hybridized carbons (Fsp3) is 0.674. The van der Waals surface area contributed by atoms with Gasteiger partial charge in [0.25, 0.3) is 0 Å². The summed E-state index contributed by atoms with van der Waals surface area (Å²) in [5.74, 6) is -0.565. The monoisotopic (exact) mass is 669 g/mol. The third-order valence-corrected chi connectivity index (χ3v) is 7.76. The average molecular weight is 669 g/mol. The first-order chi connectivity index (χ1) is 23.6. The van der Waals surface area contributed by atoms with E-state index in [1.807, 2.05) is 12.2 Å². The summed E-state index contributed by atoms with van der Waals surface area (Å²) in [6.07, 6.45) is 47.8. The minimum absolute atomic E-state index is 0.0254. The molecule has 0 aliphatic heterocycles. The largest absolute Gasteiger partial charge is 0.461 e. The first-order valence-electron chi connectivity index (χ1n) is 19.5. The van der Waals surface area contributed by atoms with Gasteiger partial charge < -0.3 is 14.2 Å². The first-order valence-corrected chi connectivity index (χ1v) is 19.5. The average Bonchev–Trinajstić information content (AvgIpc) is 3.08. The lowest BCUT2D eigenvalue weighted by Crippen LogP contribution is -2.30. The van der Waals surface area contributed by atoms with Crippen molar-refractivity contribution in [2.24, 2.45) is 0 Å². The molecule has 0 radical (unpaired) electrons. The zero-order chi connectivity index (χ0) is 35.0. The Labute approximate surface area is 296 Å². The van der Waals surface area contributed by atoms with Crippen molar-refractivity contribution >= 4 is 11.9 Å². The molecule has 5 nitrogen and oxygen atoms in total. The standard InChI is InChI=1S/C43H72O5/c1-4-7-10-13-16-18-20-21-22-23-25-26-28-30-33-36-42(44)47-40-41(39-46-38-35-32-15-12-9-6-3)48-43(45)37-34-31-29-27-24-19-17-14-11-8-5-2/h7,10,14,16-18,21-22,25-26,30,33,41H,4-6,8-9,11-13,15,19-20,23-24,27-29,31-32,34-40H2,1-3H3/b10-7-,17-14-,18-16-,22-21-,26-25-,33-30-. The molecule has 0 N–H and O–H groups in total. The molecule has 0 aliphatic carbocycles. The number of ether oxygens (including phenoxy) is 3. The third kappa shape index (κ3) is 36.2. The van der Waals surface area contributed by atoms with Gasteiger partial charge in [0.15, 0.2) is 6.10 Å². The van der Waals surface area contributed by atoms with Crippen LogP contribution in [0.25, 0.3) is 0 Å². The molecule has 1 unspecified atom stereocenters. The van der Waals surface area contributed by atoms with Crippen LogP contribution in [0.2, 0.25) is 0 Å². The number of rotatable bonds is 34. The molecule has 0 aromatic heterocycles. The minimum atomic E-state index is -0.575. The highest BCUT2D eigenvalue weighted by Gasteiger charge is 2.17. The van der Waals surface area contributed by atoms with Gasteiger partial charge >= 0.3 is 11.9 Å². The zero-order valence-corrected chi connectivity index (χ0v) is 31.2. The van der Waals surface area contributed by atoms with E-state index >= 15 is 0 Å². The Morgan fingerprint density at radius 3 is 1.65 bits per heavy atom. The molecule has 1 atom stereocenters. The maximum atomic E-state index is 12.6. The Bertz CT molecular complexity index is 895. The summed E-state index contributed by atoms with van der Waals surface area (Å²) in [6, 6.07) is 0. The molecule has 0 aromatic carbocycles. The zero-order valence-electron chi connectivity index (χ0n) is 31.2. The Balaban J connectivity index is 4.34. The van der Waals surface area contributed by atoms with E-state index in [-0.39, 0.29) is 31.6 Å². The summed E-state index contributed by atoms with van der Waals surface area (Å²) in [6.45, 7) is 7.49. The van der Waals surface area contributed by atoms with E-state index in [1.165, 1.54) is 57.8 Å². The van der Waals surface area contributed by atoms with Crippen LogP contribution in [0, 0.1) is 0 Å². The van der Waals surface area contributed by atoms with Crippen molar-refractivity contribution in [1.82, 2.24) is 0 Å². The number of hydrogen-bond donors (Lipinski definition) is 0. The van der Waals surface area contributed by atoms with Crippen molar-refractivity contribution in [3.63, 3.8) is 0 Å². The highest BCUT2D eigenvalue weighted by atomic mass is 16.6. The summed E-state index contributed by atoms with van der Waals surface area (Å²) in [4.78, 5) is 24.9. The van der Waals surface area contributed by atoms with Crippen LogP contribution >= 0.6 is 0 Å². The van der Waals surface area contributed by atoms with Crippen LogP contribution in [0.1, 0.15) is 162 Å². The van der Waals surface area contributed by atoms with Crippen LogP contribution < -0.4 is 0 Å². The van der Waals surface area contributed by atoms with Crippen molar-refractivity contribution in [3.8, 4) is 0 Å². The van der Waals surface area contributed by atoms with Gasteiger partial charge in [-0.2, -0.15) is 0 Å². The molecule has 0 saturated carbocycles. The molecule has 0 saturated heterocycles. The molecule has 0 aromatic rings. The van der Waals surface area contributed by atoms with Crippen molar-refractivity contribution in [2.45, 2.75) is 168 Å². The van der Waals surface area contributed by atoms with Crippen molar-refractivity contribution < 1.29 is 23.8 Å². The molecule has 0 rings (SSSR count). The summed E-state index contributed by atoms with van der Waals surface area (Å²) in [7, 11) is 0. The van der Waals surface area contributed by atoms with E-state index in [0.29, 0.717) is 13.0 Å². The van der Waals surface area contributed by atoms with Gasteiger partial charge in [0.1, 0.15) is 6.61 Å². The Morgan fingerprint density at radius 2 is 1.02 bits per heavy atom. The number of carbonyl (C=O) groups is 2. The van der Waals surface area contributed by atoms with E-state index < -0.39 is 6.10 Å². The number of hydrogen-bond acceptors (Lipinski definition) is 5. The van der Waals surface area contributed by atoms with E-state index in [9.17, 15) is 9.59 Å². The normalized spacial score (nSPS) is 13.0. The molecule has 274 valence electrons. The lowest BCUT2D eigenvalue weighted by Gasteiger charge is -2.18. The van der Waals surface area contributed by atoms with Gasteiger partial charge in [0, 0.05) is 13.0 Å². The van der Waals surface area contributed by atoms with Crippen LogP contribution in [0.4, 0.5) is 0 Å². The molecule has 0 heterocycles. The molecular formula is C43H72O5. The second-order valence-electron chi connectivity index (χ2n) is 12.5. The fourth-order valence-electron chi connectivity index (χ4n) is 4.85. The van der Waals surface area contributed by atoms with E-state index in [2.05, 4.69) is 81.5 Å². The van der Waals surface area contributed by atoms with Crippen LogP contribution in [0.15, 0.2) is 72.9 Å². The molecule has 0 fully saturated rings. The van der Waals surface area contributed by atoms with Crippen LogP contribution in [0.5, 0.6) is 0 Å². The second kappa shape index (κ2) is 38.8. The molecule has 0 bridgehead atoms. The summed E-state index contributed by atoms with van der Waals surface area (Å²) in [5.41, 5.74) is 0. The summed E-state index contributed by atoms with van der Waals surface area (Å²) < 4.78 is 17.0. The molecule has 0 amide bonds. The first kappa shape index (κ1) is 45.3. The highest BCUT2D eigenvalue weighted by Crippen LogP contribution is 2.11. The number of esters is 2. The fourth-order valence-corrected chi connectivity index (χ4v) is 4.85. The Morgan fingerprint density at radius 1 is 0.500 bits per heavy atom.